The number of methoxy groups -OCH3 is 3. The summed E-state index contributed by atoms with van der Waals surface area (Å²) in [6.07, 6.45) is -0.135. The molecule has 0 bridgehead atoms. The maximum atomic E-state index is 5.70. The summed E-state index contributed by atoms with van der Waals surface area (Å²) >= 11 is 0. The molecule has 84 valence electrons. The van der Waals surface area contributed by atoms with E-state index >= 15 is 0 Å². The molecule has 1 heterocycles. The van der Waals surface area contributed by atoms with Crippen LogP contribution in [0, 0.1) is 0 Å². The zero-order valence-electron chi connectivity index (χ0n) is 9.52. The van der Waals surface area contributed by atoms with Crippen LogP contribution in [-0.2, 0) is 18.9 Å². The number of rotatable bonds is 3. The normalized spacial score (nSPS) is 43.9. The molecule has 4 nitrogen and oxygen atoms in total. The first-order chi connectivity index (χ1) is 6.65. The summed E-state index contributed by atoms with van der Waals surface area (Å²) < 4.78 is 21.8. The lowest BCUT2D eigenvalue weighted by atomic mass is 9.96. The molecule has 3 unspecified atom stereocenters. The zero-order chi connectivity index (χ0) is 10.7. The first-order valence-corrected chi connectivity index (χ1v) is 4.89. The van der Waals surface area contributed by atoms with Crippen molar-refractivity contribution in [1.29, 1.82) is 0 Å². The number of ether oxygens (including phenoxy) is 4. The summed E-state index contributed by atoms with van der Waals surface area (Å²) in [6, 6.07) is 0. The van der Waals surface area contributed by atoms with Gasteiger partial charge in [-0.3, -0.25) is 0 Å². The maximum absolute atomic E-state index is 5.70. The predicted molar refractivity (Wildman–Crippen MR) is 52.4 cm³/mol. The molecule has 1 fully saturated rings. The van der Waals surface area contributed by atoms with Crippen molar-refractivity contribution in [3.05, 3.63) is 0 Å². The Balaban J connectivity index is 2.76. The Bertz CT molecular complexity index is 158. The van der Waals surface area contributed by atoms with Crippen LogP contribution in [0.1, 0.15) is 13.8 Å². The van der Waals surface area contributed by atoms with E-state index in [4.69, 9.17) is 18.9 Å². The minimum absolute atomic E-state index is 0.0337. The maximum Gasteiger partial charge on any atom is 0.114 e. The summed E-state index contributed by atoms with van der Waals surface area (Å²) in [4.78, 5) is 0. The van der Waals surface area contributed by atoms with Crippen molar-refractivity contribution < 1.29 is 18.9 Å². The van der Waals surface area contributed by atoms with Crippen molar-refractivity contribution in [1.82, 2.24) is 0 Å². The van der Waals surface area contributed by atoms with E-state index in [-0.39, 0.29) is 30.5 Å². The van der Waals surface area contributed by atoms with Crippen molar-refractivity contribution in [2.75, 3.05) is 21.3 Å². The second-order valence-electron chi connectivity index (χ2n) is 3.65. The van der Waals surface area contributed by atoms with Gasteiger partial charge in [-0.05, 0) is 13.8 Å². The molecular weight excluding hydrogens is 184 g/mol. The van der Waals surface area contributed by atoms with Crippen LogP contribution in [0.15, 0.2) is 0 Å². The molecule has 14 heavy (non-hydrogen) atoms. The number of hydrogen-bond donors (Lipinski definition) is 0. The highest BCUT2D eigenvalue weighted by atomic mass is 16.6. The van der Waals surface area contributed by atoms with Crippen LogP contribution < -0.4 is 0 Å². The monoisotopic (exact) mass is 204 g/mol. The summed E-state index contributed by atoms with van der Waals surface area (Å²) in [5.74, 6) is 0. The van der Waals surface area contributed by atoms with Crippen molar-refractivity contribution in [3.63, 3.8) is 0 Å². The molecule has 1 aliphatic heterocycles. The minimum atomic E-state index is -0.0684. The second kappa shape index (κ2) is 5.07. The quantitative estimate of drug-likeness (QED) is 0.682. The zero-order valence-corrected chi connectivity index (χ0v) is 9.52. The van der Waals surface area contributed by atoms with Gasteiger partial charge in [-0.2, -0.15) is 0 Å². The molecule has 0 saturated carbocycles. The first kappa shape index (κ1) is 11.9. The van der Waals surface area contributed by atoms with Crippen LogP contribution in [-0.4, -0.2) is 51.8 Å². The van der Waals surface area contributed by atoms with Gasteiger partial charge >= 0.3 is 0 Å². The standard InChI is InChI=1S/C10H20O4/c1-6-8(11-3)10(13-5)9(12-4)7(2)14-6/h6-10H,1-5H3/t6-,7?,8?,9-,10?/m0/s1. The molecule has 0 aliphatic carbocycles. The van der Waals surface area contributed by atoms with Crippen LogP contribution >= 0.6 is 0 Å². The van der Waals surface area contributed by atoms with Crippen LogP contribution in [0.5, 0.6) is 0 Å². The van der Waals surface area contributed by atoms with Gasteiger partial charge in [0.1, 0.15) is 18.3 Å². The predicted octanol–water partition coefficient (Wildman–Crippen LogP) is 0.839. The highest BCUT2D eigenvalue weighted by Gasteiger charge is 2.43. The van der Waals surface area contributed by atoms with Crippen LogP contribution in [0.2, 0.25) is 0 Å². The molecule has 0 aromatic heterocycles. The smallest absolute Gasteiger partial charge is 0.114 e. The van der Waals surface area contributed by atoms with Crippen molar-refractivity contribution >= 4 is 0 Å². The average molecular weight is 204 g/mol. The third kappa shape index (κ3) is 2.08. The second-order valence-corrected chi connectivity index (χ2v) is 3.65. The van der Waals surface area contributed by atoms with Crippen LogP contribution in [0.4, 0.5) is 0 Å². The SMILES string of the molecule is COC1C(OC)[C@H](C)OC(C)[C@@H]1OC. The van der Waals surface area contributed by atoms with Gasteiger partial charge in [0.25, 0.3) is 0 Å². The highest BCUT2D eigenvalue weighted by molar-refractivity contribution is 4.91. The Labute approximate surface area is 85.5 Å². The molecule has 0 amide bonds. The lowest BCUT2D eigenvalue weighted by Gasteiger charge is -2.42. The van der Waals surface area contributed by atoms with Gasteiger partial charge in [0.2, 0.25) is 0 Å². The fourth-order valence-corrected chi connectivity index (χ4v) is 2.13. The van der Waals surface area contributed by atoms with Crippen molar-refractivity contribution in [3.8, 4) is 0 Å². The molecule has 0 N–H and O–H groups in total. The summed E-state index contributed by atoms with van der Waals surface area (Å²) in [6.45, 7) is 3.98. The van der Waals surface area contributed by atoms with E-state index in [2.05, 4.69) is 0 Å². The van der Waals surface area contributed by atoms with Crippen molar-refractivity contribution in [2.45, 2.75) is 44.4 Å². The summed E-state index contributed by atoms with van der Waals surface area (Å²) in [5, 5.41) is 0. The molecule has 0 aromatic carbocycles. The third-order valence-electron chi connectivity index (χ3n) is 2.82. The lowest BCUT2D eigenvalue weighted by molar-refractivity contribution is -0.233. The van der Waals surface area contributed by atoms with E-state index in [1.807, 2.05) is 13.8 Å². The third-order valence-corrected chi connectivity index (χ3v) is 2.82. The Hall–Kier alpha value is -0.160. The first-order valence-electron chi connectivity index (χ1n) is 4.89. The van der Waals surface area contributed by atoms with Gasteiger partial charge in [0, 0.05) is 21.3 Å². The molecule has 5 atom stereocenters. The van der Waals surface area contributed by atoms with E-state index in [0.717, 1.165) is 0 Å². The average Bonchev–Trinajstić information content (AvgIpc) is 2.16. The van der Waals surface area contributed by atoms with Gasteiger partial charge in [0.05, 0.1) is 12.2 Å². The topological polar surface area (TPSA) is 36.9 Å². The van der Waals surface area contributed by atoms with E-state index in [9.17, 15) is 0 Å². The molecule has 0 aromatic rings. The Morgan fingerprint density at radius 3 is 1.36 bits per heavy atom. The fourth-order valence-electron chi connectivity index (χ4n) is 2.13. The number of hydrogen-bond acceptors (Lipinski definition) is 4. The lowest BCUT2D eigenvalue weighted by Crippen LogP contribution is -2.57. The van der Waals surface area contributed by atoms with Gasteiger partial charge < -0.3 is 18.9 Å². The summed E-state index contributed by atoms with van der Waals surface area (Å²) in [5.41, 5.74) is 0. The van der Waals surface area contributed by atoms with Gasteiger partial charge in [-0.15, -0.1) is 0 Å². The Morgan fingerprint density at radius 1 is 0.714 bits per heavy atom. The molecule has 0 radical (unpaired) electrons. The van der Waals surface area contributed by atoms with E-state index < -0.39 is 0 Å². The van der Waals surface area contributed by atoms with E-state index in [1.54, 1.807) is 21.3 Å². The van der Waals surface area contributed by atoms with Gasteiger partial charge in [-0.25, -0.2) is 0 Å². The molecule has 1 rings (SSSR count). The van der Waals surface area contributed by atoms with E-state index in [1.165, 1.54) is 0 Å². The van der Waals surface area contributed by atoms with Crippen molar-refractivity contribution in [2.24, 2.45) is 0 Å². The molecule has 1 saturated heterocycles. The fraction of sp³-hybridized carbons (Fsp3) is 1.00. The summed E-state index contributed by atoms with van der Waals surface area (Å²) in [7, 11) is 5.01. The highest BCUT2D eigenvalue weighted by Crippen LogP contribution is 2.26. The molecule has 4 heteroatoms. The largest absolute Gasteiger partial charge is 0.376 e. The van der Waals surface area contributed by atoms with Crippen LogP contribution in [0.25, 0.3) is 0 Å². The Kier molecular flexibility index (Phi) is 4.31. The molecule has 1 aliphatic rings. The molecular formula is C10H20O4. The van der Waals surface area contributed by atoms with Gasteiger partial charge in [0.15, 0.2) is 0 Å². The Morgan fingerprint density at radius 2 is 1.07 bits per heavy atom. The van der Waals surface area contributed by atoms with Gasteiger partial charge in [-0.1, -0.05) is 0 Å². The van der Waals surface area contributed by atoms with E-state index in [0.29, 0.717) is 0 Å². The van der Waals surface area contributed by atoms with Crippen LogP contribution in [0.3, 0.4) is 0 Å². The minimum Gasteiger partial charge on any atom is -0.376 e. The molecule has 0 spiro atoms.